The molecule has 108 valence electrons. The van der Waals surface area contributed by atoms with Crippen LogP contribution in [-0.4, -0.2) is 5.11 Å². The van der Waals surface area contributed by atoms with Crippen LogP contribution in [0.15, 0.2) is 18.2 Å². The van der Waals surface area contributed by atoms with Crippen LogP contribution in [0.3, 0.4) is 0 Å². The van der Waals surface area contributed by atoms with Crippen LogP contribution >= 0.6 is 0 Å². The predicted octanol–water partition coefficient (Wildman–Crippen LogP) is 4.45. The fourth-order valence-electron chi connectivity index (χ4n) is 3.58. The molecule has 20 heavy (non-hydrogen) atoms. The molecule has 2 rings (SSSR count). The number of aliphatic hydroxyl groups excluding tert-OH is 1. The first-order chi connectivity index (χ1) is 9.54. The Balaban J connectivity index is 2.31. The van der Waals surface area contributed by atoms with E-state index in [0.717, 1.165) is 48.3 Å². The maximum absolute atomic E-state index is 10.9. The summed E-state index contributed by atoms with van der Waals surface area (Å²) in [7, 11) is 0. The van der Waals surface area contributed by atoms with Gasteiger partial charge in [0.05, 0.1) is 17.6 Å². The first-order valence-electron chi connectivity index (χ1n) is 7.69. The lowest BCUT2D eigenvalue weighted by Gasteiger charge is -2.39. The van der Waals surface area contributed by atoms with Gasteiger partial charge in [-0.1, -0.05) is 31.5 Å². The molecule has 0 heterocycles. The van der Waals surface area contributed by atoms with Crippen molar-refractivity contribution < 1.29 is 5.11 Å². The van der Waals surface area contributed by atoms with Crippen molar-refractivity contribution in [3.63, 3.8) is 0 Å². The van der Waals surface area contributed by atoms with E-state index in [2.05, 4.69) is 13.0 Å². The topological polar surface area (TPSA) is 44.0 Å². The molecule has 2 nitrogen and oxygen atoms in total. The van der Waals surface area contributed by atoms with Crippen LogP contribution in [0.25, 0.3) is 0 Å². The second kappa shape index (κ2) is 5.97. The first kappa shape index (κ1) is 15.1. The van der Waals surface area contributed by atoms with Crippen molar-refractivity contribution in [2.75, 3.05) is 0 Å². The molecule has 0 aliphatic heterocycles. The predicted molar refractivity (Wildman–Crippen MR) is 81.2 cm³/mol. The summed E-state index contributed by atoms with van der Waals surface area (Å²) < 4.78 is 0. The average Bonchev–Trinajstić information content (AvgIpc) is 2.47. The van der Waals surface area contributed by atoms with Gasteiger partial charge in [0.2, 0.25) is 0 Å². The Bertz CT molecular complexity index is 486. The van der Waals surface area contributed by atoms with Gasteiger partial charge in [-0.3, -0.25) is 0 Å². The van der Waals surface area contributed by atoms with Gasteiger partial charge in [0, 0.05) is 0 Å². The third-order valence-electron chi connectivity index (χ3n) is 5.14. The minimum atomic E-state index is -0.661. The highest BCUT2D eigenvalue weighted by Gasteiger charge is 2.42. The molecule has 0 saturated heterocycles. The maximum atomic E-state index is 10.9. The van der Waals surface area contributed by atoms with Crippen molar-refractivity contribution in [2.45, 2.75) is 59.0 Å². The SMILES string of the molecule is CCC1CCC(C#N)(C(O)c2c(C)cccc2C)CC1. The first-order valence-corrected chi connectivity index (χ1v) is 7.69. The van der Waals surface area contributed by atoms with Crippen molar-refractivity contribution in [2.24, 2.45) is 11.3 Å². The Morgan fingerprint density at radius 1 is 1.30 bits per heavy atom. The average molecular weight is 271 g/mol. The van der Waals surface area contributed by atoms with E-state index in [1.54, 1.807) is 0 Å². The Hall–Kier alpha value is -1.33. The summed E-state index contributed by atoms with van der Waals surface area (Å²) in [6.07, 6.45) is 4.28. The molecule has 0 radical (unpaired) electrons. The molecule has 0 amide bonds. The molecule has 1 fully saturated rings. The van der Waals surface area contributed by atoms with Crippen molar-refractivity contribution in [3.8, 4) is 6.07 Å². The standard InChI is InChI=1S/C18H25NO/c1-4-15-8-10-18(12-19,11-9-15)17(20)16-13(2)6-5-7-14(16)3/h5-7,15,17,20H,4,8-11H2,1-3H3. The number of nitriles is 1. The summed E-state index contributed by atoms with van der Waals surface area (Å²) in [4.78, 5) is 0. The Morgan fingerprint density at radius 2 is 1.85 bits per heavy atom. The third-order valence-corrected chi connectivity index (χ3v) is 5.14. The van der Waals surface area contributed by atoms with Crippen LogP contribution in [0.5, 0.6) is 0 Å². The van der Waals surface area contributed by atoms with Gasteiger partial charge in [-0.25, -0.2) is 0 Å². The largest absolute Gasteiger partial charge is 0.387 e. The van der Waals surface area contributed by atoms with E-state index in [0.29, 0.717) is 0 Å². The number of benzene rings is 1. The lowest BCUT2D eigenvalue weighted by Crippen LogP contribution is -2.33. The summed E-state index contributed by atoms with van der Waals surface area (Å²) in [6.45, 7) is 6.26. The summed E-state index contributed by atoms with van der Waals surface area (Å²) >= 11 is 0. The van der Waals surface area contributed by atoms with E-state index in [-0.39, 0.29) is 0 Å². The van der Waals surface area contributed by atoms with E-state index in [1.165, 1.54) is 6.42 Å². The van der Waals surface area contributed by atoms with Crippen LogP contribution in [-0.2, 0) is 0 Å². The van der Waals surface area contributed by atoms with Crippen LogP contribution in [0, 0.1) is 36.5 Å². The molecule has 1 aromatic rings. The zero-order chi connectivity index (χ0) is 14.8. The summed E-state index contributed by atoms with van der Waals surface area (Å²) in [6, 6.07) is 8.52. The highest BCUT2D eigenvalue weighted by atomic mass is 16.3. The summed E-state index contributed by atoms with van der Waals surface area (Å²) in [5.74, 6) is 0.724. The minimum Gasteiger partial charge on any atom is -0.387 e. The number of nitrogens with zero attached hydrogens (tertiary/aromatic N) is 1. The number of aryl methyl sites for hydroxylation is 2. The Labute approximate surface area is 122 Å². The summed E-state index contributed by atoms with van der Waals surface area (Å²) in [5.41, 5.74) is 2.54. The van der Waals surface area contributed by atoms with E-state index in [1.807, 2.05) is 32.0 Å². The number of hydrogen-bond acceptors (Lipinski definition) is 2. The van der Waals surface area contributed by atoms with Crippen LogP contribution < -0.4 is 0 Å². The van der Waals surface area contributed by atoms with E-state index >= 15 is 0 Å². The molecule has 2 heteroatoms. The van der Waals surface area contributed by atoms with Gasteiger partial charge in [-0.05, 0) is 62.1 Å². The molecular weight excluding hydrogens is 246 g/mol. The highest BCUT2D eigenvalue weighted by molar-refractivity contribution is 5.37. The Morgan fingerprint density at radius 3 is 2.30 bits per heavy atom. The molecule has 0 spiro atoms. The van der Waals surface area contributed by atoms with Crippen LogP contribution in [0.1, 0.15) is 61.8 Å². The van der Waals surface area contributed by atoms with E-state index in [9.17, 15) is 10.4 Å². The Kier molecular flexibility index (Phi) is 4.50. The molecule has 1 saturated carbocycles. The second-order valence-electron chi connectivity index (χ2n) is 6.33. The lowest BCUT2D eigenvalue weighted by molar-refractivity contribution is 0.0234. The van der Waals surface area contributed by atoms with Gasteiger partial charge in [0.25, 0.3) is 0 Å². The van der Waals surface area contributed by atoms with Gasteiger partial charge in [0.15, 0.2) is 0 Å². The lowest BCUT2D eigenvalue weighted by atomic mass is 9.65. The zero-order valence-electron chi connectivity index (χ0n) is 12.8. The molecule has 0 bridgehead atoms. The number of aliphatic hydroxyl groups is 1. The van der Waals surface area contributed by atoms with Gasteiger partial charge < -0.3 is 5.11 Å². The van der Waals surface area contributed by atoms with Crippen molar-refractivity contribution in [1.82, 2.24) is 0 Å². The van der Waals surface area contributed by atoms with Crippen molar-refractivity contribution >= 4 is 0 Å². The second-order valence-corrected chi connectivity index (χ2v) is 6.33. The molecule has 1 unspecified atom stereocenters. The number of rotatable bonds is 3. The van der Waals surface area contributed by atoms with Gasteiger partial charge in [-0.15, -0.1) is 0 Å². The quantitative estimate of drug-likeness (QED) is 0.882. The smallest absolute Gasteiger partial charge is 0.0981 e. The van der Waals surface area contributed by atoms with E-state index < -0.39 is 11.5 Å². The van der Waals surface area contributed by atoms with Crippen LogP contribution in [0.4, 0.5) is 0 Å². The normalized spacial score (nSPS) is 27.9. The molecule has 1 aromatic carbocycles. The van der Waals surface area contributed by atoms with Crippen molar-refractivity contribution in [3.05, 3.63) is 34.9 Å². The molecule has 1 N–H and O–H groups in total. The summed E-state index contributed by atoms with van der Waals surface area (Å²) in [5, 5.41) is 20.6. The molecule has 1 aliphatic rings. The van der Waals surface area contributed by atoms with Gasteiger partial charge in [-0.2, -0.15) is 5.26 Å². The molecular formula is C18H25NO. The minimum absolute atomic E-state index is 0.595. The maximum Gasteiger partial charge on any atom is 0.0981 e. The van der Waals surface area contributed by atoms with Gasteiger partial charge >= 0.3 is 0 Å². The van der Waals surface area contributed by atoms with Crippen molar-refractivity contribution in [1.29, 1.82) is 5.26 Å². The fraction of sp³-hybridized carbons (Fsp3) is 0.611. The van der Waals surface area contributed by atoms with Crippen LogP contribution in [0.2, 0.25) is 0 Å². The third kappa shape index (κ3) is 2.60. The molecule has 1 aliphatic carbocycles. The van der Waals surface area contributed by atoms with Gasteiger partial charge in [0.1, 0.15) is 0 Å². The van der Waals surface area contributed by atoms with E-state index in [4.69, 9.17) is 0 Å². The molecule has 0 aromatic heterocycles. The number of hydrogen-bond donors (Lipinski definition) is 1. The monoisotopic (exact) mass is 271 g/mol. The fourth-order valence-corrected chi connectivity index (χ4v) is 3.58. The zero-order valence-corrected chi connectivity index (χ0v) is 12.8. The molecule has 1 atom stereocenters. The highest BCUT2D eigenvalue weighted by Crippen LogP contribution is 2.48.